The molecule has 1 aliphatic carbocycles. The lowest BCUT2D eigenvalue weighted by atomic mass is 10.0. The Kier molecular flexibility index (Phi) is 3.73. The van der Waals surface area contributed by atoms with Crippen LogP contribution in [0.5, 0.6) is 0 Å². The van der Waals surface area contributed by atoms with Crippen LogP contribution in [0.1, 0.15) is 30.9 Å². The normalized spacial score (nSPS) is 30.3. The topological polar surface area (TPSA) is 80.4 Å². The van der Waals surface area contributed by atoms with E-state index in [2.05, 4.69) is 6.92 Å². The molecule has 0 bridgehead atoms. The van der Waals surface area contributed by atoms with Crippen molar-refractivity contribution >= 4 is 9.84 Å². The minimum Gasteiger partial charge on any atom is -0.394 e. The summed E-state index contributed by atoms with van der Waals surface area (Å²) in [6, 6.07) is 7.82. The fourth-order valence-corrected chi connectivity index (χ4v) is 4.77. The quantitative estimate of drug-likeness (QED) is 0.839. The Labute approximate surface area is 114 Å². The molecule has 1 aliphatic rings. The standard InChI is InChI=1S/C14H21NO3S/c1-3-10-5-7-11(8-6-10)12-13(14(12,15)9-16)19(17,18)4-2/h5-8,12-13,16H,3-4,9,15H2,1-2H3/t12-,13+,14-/m1/s1. The van der Waals surface area contributed by atoms with E-state index in [1.807, 2.05) is 24.3 Å². The van der Waals surface area contributed by atoms with Crippen LogP contribution in [-0.2, 0) is 16.3 Å². The van der Waals surface area contributed by atoms with E-state index in [0.717, 1.165) is 12.0 Å². The highest BCUT2D eigenvalue weighted by Gasteiger charge is 2.68. The number of sulfone groups is 1. The Bertz CT molecular complexity index is 553. The molecule has 19 heavy (non-hydrogen) atoms. The first kappa shape index (κ1) is 14.5. The average molecular weight is 283 g/mol. The number of hydrogen-bond donors (Lipinski definition) is 2. The summed E-state index contributed by atoms with van der Waals surface area (Å²) >= 11 is 0. The SMILES string of the molecule is CCc1ccc([C@@H]2[C@H](S(=O)(=O)CC)[C@@]2(N)CO)cc1. The van der Waals surface area contributed by atoms with E-state index in [1.54, 1.807) is 6.92 Å². The second kappa shape index (κ2) is 4.89. The number of nitrogens with two attached hydrogens (primary N) is 1. The second-order valence-corrected chi connectivity index (χ2v) is 7.63. The van der Waals surface area contributed by atoms with Gasteiger partial charge in [0.1, 0.15) is 0 Å². The molecular formula is C14H21NO3S. The third-order valence-electron chi connectivity index (χ3n) is 4.11. The molecule has 2 rings (SSSR count). The fraction of sp³-hybridized carbons (Fsp3) is 0.571. The molecule has 0 heterocycles. The van der Waals surface area contributed by atoms with Gasteiger partial charge >= 0.3 is 0 Å². The van der Waals surface area contributed by atoms with Crippen molar-refractivity contribution in [3.63, 3.8) is 0 Å². The summed E-state index contributed by atoms with van der Waals surface area (Å²) in [5.74, 6) is -0.242. The molecule has 4 nitrogen and oxygen atoms in total. The van der Waals surface area contributed by atoms with E-state index in [-0.39, 0.29) is 18.3 Å². The molecule has 1 fully saturated rings. The third-order valence-corrected chi connectivity index (χ3v) is 6.40. The molecule has 5 heteroatoms. The molecule has 3 atom stereocenters. The molecule has 1 aromatic rings. The summed E-state index contributed by atoms with van der Waals surface area (Å²) < 4.78 is 24.1. The van der Waals surface area contributed by atoms with Gasteiger partial charge in [0.05, 0.1) is 17.4 Å². The summed E-state index contributed by atoms with van der Waals surface area (Å²) in [4.78, 5) is 0. The van der Waals surface area contributed by atoms with Crippen LogP contribution < -0.4 is 5.73 Å². The fourth-order valence-electron chi connectivity index (χ4n) is 2.78. The molecule has 0 aliphatic heterocycles. The summed E-state index contributed by atoms with van der Waals surface area (Å²) in [6.45, 7) is 3.37. The first-order valence-corrected chi connectivity index (χ1v) is 8.32. The molecule has 0 amide bonds. The smallest absolute Gasteiger partial charge is 0.155 e. The Morgan fingerprint density at radius 2 is 1.84 bits per heavy atom. The van der Waals surface area contributed by atoms with E-state index in [1.165, 1.54) is 5.56 Å². The van der Waals surface area contributed by atoms with Gasteiger partial charge in [0, 0.05) is 11.7 Å². The largest absolute Gasteiger partial charge is 0.394 e. The van der Waals surface area contributed by atoms with Crippen molar-refractivity contribution in [3.8, 4) is 0 Å². The van der Waals surface area contributed by atoms with Gasteiger partial charge < -0.3 is 10.8 Å². The summed E-state index contributed by atoms with van der Waals surface area (Å²) in [5, 5.41) is 8.77. The van der Waals surface area contributed by atoms with Crippen LogP contribution in [0, 0.1) is 0 Å². The summed E-state index contributed by atoms with van der Waals surface area (Å²) in [6.07, 6.45) is 0.940. The maximum absolute atomic E-state index is 12.1. The molecule has 3 N–H and O–H groups in total. The van der Waals surface area contributed by atoms with Crippen molar-refractivity contribution in [2.45, 2.75) is 37.0 Å². The Hall–Kier alpha value is -0.910. The Morgan fingerprint density at radius 1 is 1.26 bits per heavy atom. The van der Waals surface area contributed by atoms with E-state index in [4.69, 9.17) is 5.73 Å². The number of hydrogen-bond acceptors (Lipinski definition) is 4. The first-order valence-electron chi connectivity index (χ1n) is 6.60. The van der Waals surface area contributed by atoms with Crippen LogP contribution >= 0.6 is 0 Å². The second-order valence-electron chi connectivity index (χ2n) is 5.22. The molecular weight excluding hydrogens is 262 g/mol. The van der Waals surface area contributed by atoms with Crippen molar-refractivity contribution in [2.24, 2.45) is 5.73 Å². The highest BCUT2D eigenvalue weighted by molar-refractivity contribution is 7.92. The highest BCUT2D eigenvalue weighted by atomic mass is 32.2. The zero-order chi connectivity index (χ0) is 14.3. The Balaban J connectivity index is 2.34. The van der Waals surface area contributed by atoms with E-state index >= 15 is 0 Å². The number of aliphatic hydroxyl groups excluding tert-OH is 1. The predicted octanol–water partition coefficient (Wildman–Crippen LogP) is 0.839. The van der Waals surface area contributed by atoms with E-state index in [9.17, 15) is 13.5 Å². The lowest BCUT2D eigenvalue weighted by Crippen LogP contribution is -2.35. The molecule has 0 spiro atoms. The number of rotatable bonds is 5. The van der Waals surface area contributed by atoms with Gasteiger partial charge in [-0.25, -0.2) is 8.42 Å². The number of aryl methyl sites for hydroxylation is 1. The van der Waals surface area contributed by atoms with Crippen LogP contribution in [0.2, 0.25) is 0 Å². The number of benzene rings is 1. The van der Waals surface area contributed by atoms with Gasteiger partial charge in [0.25, 0.3) is 0 Å². The van der Waals surface area contributed by atoms with Crippen molar-refractivity contribution in [1.29, 1.82) is 0 Å². The maximum Gasteiger partial charge on any atom is 0.155 e. The minimum absolute atomic E-state index is 0.0557. The predicted molar refractivity (Wildman–Crippen MR) is 75.8 cm³/mol. The van der Waals surface area contributed by atoms with Crippen molar-refractivity contribution in [1.82, 2.24) is 0 Å². The molecule has 1 aromatic carbocycles. The zero-order valence-electron chi connectivity index (χ0n) is 11.3. The maximum atomic E-state index is 12.1. The lowest BCUT2D eigenvalue weighted by molar-refractivity contribution is 0.253. The third kappa shape index (κ3) is 2.30. The van der Waals surface area contributed by atoms with Crippen LogP contribution in [0.3, 0.4) is 0 Å². The van der Waals surface area contributed by atoms with Crippen LogP contribution in [0.25, 0.3) is 0 Å². The lowest BCUT2D eigenvalue weighted by Gasteiger charge is -2.07. The van der Waals surface area contributed by atoms with Crippen molar-refractivity contribution in [3.05, 3.63) is 35.4 Å². The van der Waals surface area contributed by atoms with Crippen molar-refractivity contribution in [2.75, 3.05) is 12.4 Å². The van der Waals surface area contributed by atoms with Gasteiger partial charge in [-0.2, -0.15) is 0 Å². The molecule has 0 radical (unpaired) electrons. The molecule has 0 unspecified atom stereocenters. The molecule has 1 saturated carbocycles. The zero-order valence-corrected chi connectivity index (χ0v) is 12.2. The Morgan fingerprint density at radius 3 is 2.26 bits per heavy atom. The van der Waals surface area contributed by atoms with Gasteiger partial charge in [-0.3, -0.25) is 0 Å². The van der Waals surface area contributed by atoms with Crippen LogP contribution in [0.4, 0.5) is 0 Å². The van der Waals surface area contributed by atoms with Gasteiger partial charge in [-0.15, -0.1) is 0 Å². The molecule has 0 aromatic heterocycles. The van der Waals surface area contributed by atoms with Gasteiger partial charge in [-0.1, -0.05) is 38.1 Å². The van der Waals surface area contributed by atoms with E-state index < -0.39 is 20.6 Å². The van der Waals surface area contributed by atoms with E-state index in [0.29, 0.717) is 0 Å². The number of aliphatic hydroxyl groups is 1. The van der Waals surface area contributed by atoms with Gasteiger partial charge in [0.2, 0.25) is 0 Å². The summed E-state index contributed by atoms with van der Waals surface area (Å²) in [5.41, 5.74) is 7.14. The minimum atomic E-state index is -3.24. The first-order chi connectivity index (χ1) is 8.90. The van der Waals surface area contributed by atoms with Crippen molar-refractivity contribution < 1.29 is 13.5 Å². The van der Waals surface area contributed by atoms with Gasteiger partial charge in [-0.05, 0) is 17.5 Å². The van der Waals surface area contributed by atoms with Crippen LogP contribution in [0.15, 0.2) is 24.3 Å². The average Bonchev–Trinajstić information content (AvgIpc) is 3.07. The monoisotopic (exact) mass is 283 g/mol. The molecule has 106 valence electrons. The van der Waals surface area contributed by atoms with Crippen LogP contribution in [-0.4, -0.2) is 36.7 Å². The highest BCUT2D eigenvalue weighted by Crippen LogP contribution is 2.53. The molecule has 0 saturated heterocycles. The van der Waals surface area contributed by atoms with Gasteiger partial charge in [0.15, 0.2) is 9.84 Å². The summed E-state index contributed by atoms with van der Waals surface area (Å²) in [7, 11) is -3.24.